The third kappa shape index (κ3) is 6.03. The average molecular weight is 450 g/mol. The van der Waals surface area contributed by atoms with Crippen LogP contribution in [0.2, 0.25) is 10.0 Å². The minimum absolute atomic E-state index is 0.0888. The Kier molecular flexibility index (Phi) is 7.82. The van der Waals surface area contributed by atoms with Crippen LogP contribution in [0, 0.1) is 0 Å². The van der Waals surface area contributed by atoms with Gasteiger partial charge in [0.15, 0.2) is 6.10 Å². The van der Waals surface area contributed by atoms with Crippen molar-refractivity contribution in [2.45, 2.75) is 38.7 Å². The average Bonchev–Trinajstić information content (AvgIpc) is 3.02. The van der Waals surface area contributed by atoms with Gasteiger partial charge in [0.1, 0.15) is 10.8 Å². The first-order chi connectivity index (χ1) is 14.4. The van der Waals surface area contributed by atoms with E-state index in [0.29, 0.717) is 22.1 Å². The summed E-state index contributed by atoms with van der Waals surface area (Å²) in [4.78, 5) is 26.7. The van der Waals surface area contributed by atoms with Crippen molar-refractivity contribution >= 4 is 46.5 Å². The summed E-state index contributed by atoms with van der Waals surface area (Å²) in [6.45, 7) is 3.20. The first-order valence-electron chi connectivity index (χ1n) is 10.0. The highest BCUT2D eigenvalue weighted by Crippen LogP contribution is 2.32. The summed E-state index contributed by atoms with van der Waals surface area (Å²) in [7, 11) is 0. The number of hydrogen-bond donors (Lipinski definition) is 2. The Morgan fingerprint density at radius 1 is 0.933 bits per heavy atom. The number of benzene rings is 2. The second kappa shape index (κ2) is 10.5. The van der Waals surface area contributed by atoms with Crippen LogP contribution in [0.4, 0.5) is 16.2 Å². The molecule has 30 heavy (non-hydrogen) atoms. The fourth-order valence-electron chi connectivity index (χ4n) is 3.18. The predicted octanol–water partition coefficient (Wildman–Crippen LogP) is 5.81. The van der Waals surface area contributed by atoms with Crippen LogP contribution >= 0.6 is 23.2 Å². The molecule has 0 spiro atoms. The van der Waals surface area contributed by atoms with Gasteiger partial charge in [0.05, 0.1) is 5.02 Å². The second-order valence-electron chi connectivity index (χ2n) is 7.21. The molecule has 1 aliphatic heterocycles. The van der Waals surface area contributed by atoms with Gasteiger partial charge in [0, 0.05) is 24.5 Å². The summed E-state index contributed by atoms with van der Waals surface area (Å²) < 4.78 is 5.62. The maximum absolute atomic E-state index is 12.4. The van der Waals surface area contributed by atoms with Crippen LogP contribution in [0.3, 0.4) is 0 Å². The zero-order chi connectivity index (χ0) is 21.5. The van der Waals surface area contributed by atoms with Gasteiger partial charge in [-0.25, -0.2) is 4.79 Å². The fourth-order valence-corrected chi connectivity index (χ4v) is 3.51. The topological polar surface area (TPSA) is 70.7 Å². The van der Waals surface area contributed by atoms with Crippen molar-refractivity contribution in [3.05, 3.63) is 52.5 Å². The summed E-state index contributed by atoms with van der Waals surface area (Å²) in [5.74, 6) is 0.0192. The smallest absolute Gasteiger partial charge is 0.321 e. The largest absolute Gasteiger partial charge is 0.479 e. The summed E-state index contributed by atoms with van der Waals surface area (Å²) in [6, 6.07) is 11.9. The molecule has 1 heterocycles. The number of urea groups is 1. The molecule has 2 aromatic rings. The SMILES string of the molecule is CC(Oc1cccc(Cl)c1Cl)C(=O)Nc1ccc(NC(=O)N2CCCCCC2)cc1. The molecule has 2 N–H and O–H groups in total. The number of carbonyl (C=O) groups excluding carboxylic acids is 2. The van der Waals surface area contributed by atoms with E-state index in [2.05, 4.69) is 10.6 Å². The number of nitrogens with one attached hydrogen (secondary N) is 2. The lowest BCUT2D eigenvalue weighted by Gasteiger charge is -2.21. The minimum atomic E-state index is -0.775. The maximum atomic E-state index is 12.4. The van der Waals surface area contributed by atoms with Crippen molar-refractivity contribution in [1.82, 2.24) is 4.90 Å². The van der Waals surface area contributed by atoms with Gasteiger partial charge in [-0.1, -0.05) is 42.1 Å². The molecular weight excluding hydrogens is 425 g/mol. The Hall–Kier alpha value is -2.44. The second-order valence-corrected chi connectivity index (χ2v) is 8.00. The molecule has 1 aliphatic rings. The van der Waals surface area contributed by atoms with Crippen molar-refractivity contribution in [1.29, 1.82) is 0 Å². The van der Waals surface area contributed by atoms with E-state index in [1.807, 2.05) is 4.90 Å². The monoisotopic (exact) mass is 449 g/mol. The van der Waals surface area contributed by atoms with Crippen LogP contribution in [0.5, 0.6) is 5.75 Å². The molecule has 0 aromatic heterocycles. The molecule has 8 heteroatoms. The van der Waals surface area contributed by atoms with E-state index in [1.165, 1.54) is 12.8 Å². The van der Waals surface area contributed by atoms with Crippen LogP contribution in [0.1, 0.15) is 32.6 Å². The summed E-state index contributed by atoms with van der Waals surface area (Å²) >= 11 is 12.1. The molecule has 0 aliphatic carbocycles. The van der Waals surface area contributed by atoms with E-state index in [-0.39, 0.29) is 17.0 Å². The molecule has 1 atom stereocenters. The summed E-state index contributed by atoms with van der Waals surface area (Å²) in [6.07, 6.45) is 3.65. The Morgan fingerprint density at radius 3 is 2.17 bits per heavy atom. The molecule has 3 amide bonds. The Labute approximate surface area is 186 Å². The molecule has 1 fully saturated rings. The third-order valence-electron chi connectivity index (χ3n) is 4.89. The molecule has 6 nitrogen and oxygen atoms in total. The fraction of sp³-hybridized carbons (Fsp3) is 0.364. The molecule has 3 rings (SSSR count). The van der Waals surface area contributed by atoms with E-state index in [1.54, 1.807) is 49.4 Å². The van der Waals surface area contributed by atoms with Crippen molar-refractivity contribution < 1.29 is 14.3 Å². The molecule has 1 saturated heterocycles. The zero-order valence-corrected chi connectivity index (χ0v) is 18.3. The van der Waals surface area contributed by atoms with E-state index in [0.717, 1.165) is 25.9 Å². The van der Waals surface area contributed by atoms with E-state index in [9.17, 15) is 9.59 Å². The van der Waals surface area contributed by atoms with Gasteiger partial charge < -0.3 is 20.3 Å². The van der Waals surface area contributed by atoms with E-state index < -0.39 is 6.10 Å². The molecule has 0 radical (unpaired) electrons. The van der Waals surface area contributed by atoms with Crippen LogP contribution in [-0.4, -0.2) is 36.0 Å². The lowest BCUT2D eigenvalue weighted by molar-refractivity contribution is -0.122. The highest BCUT2D eigenvalue weighted by Gasteiger charge is 2.18. The molecule has 160 valence electrons. The standard InChI is InChI=1S/C22H25Cl2N3O3/c1-15(30-19-8-6-7-18(23)20(19)24)21(28)25-16-9-11-17(12-10-16)26-22(29)27-13-4-2-3-5-14-27/h6-12,15H,2-5,13-14H2,1H3,(H,25,28)(H,26,29). The van der Waals surface area contributed by atoms with Gasteiger partial charge in [0.2, 0.25) is 0 Å². The van der Waals surface area contributed by atoms with Crippen LogP contribution in [0.15, 0.2) is 42.5 Å². The number of halogens is 2. The number of ether oxygens (including phenoxy) is 1. The number of likely N-dealkylation sites (tertiary alicyclic amines) is 1. The van der Waals surface area contributed by atoms with Crippen LogP contribution < -0.4 is 15.4 Å². The first kappa shape index (κ1) is 22.2. The van der Waals surface area contributed by atoms with Crippen LogP contribution in [0.25, 0.3) is 0 Å². The quantitative estimate of drug-likeness (QED) is 0.604. The van der Waals surface area contributed by atoms with Crippen LogP contribution in [-0.2, 0) is 4.79 Å². The van der Waals surface area contributed by atoms with Crippen molar-refractivity contribution in [2.24, 2.45) is 0 Å². The van der Waals surface area contributed by atoms with Gasteiger partial charge in [0.25, 0.3) is 5.91 Å². The highest BCUT2D eigenvalue weighted by atomic mass is 35.5. The van der Waals surface area contributed by atoms with E-state index >= 15 is 0 Å². The van der Waals surface area contributed by atoms with Gasteiger partial charge in [-0.2, -0.15) is 0 Å². The van der Waals surface area contributed by atoms with Crippen molar-refractivity contribution in [3.63, 3.8) is 0 Å². The number of carbonyl (C=O) groups is 2. The maximum Gasteiger partial charge on any atom is 0.321 e. The number of hydrogen-bond acceptors (Lipinski definition) is 3. The van der Waals surface area contributed by atoms with Crippen molar-refractivity contribution in [3.8, 4) is 5.75 Å². The van der Waals surface area contributed by atoms with E-state index in [4.69, 9.17) is 27.9 Å². The van der Waals surface area contributed by atoms with Gasteiger partial charge in [-0.3, -0.25) is 4.79 Å². The molecule has 0 bridgehead atoms. The lowest BCUT2D eigenvalue weighted by Crippen LogP contribution is -2.35. The number of rotatable bonds is 5. The molecule has 1 unspecified atom stereocenters. The lowest BCUT2D eigenvalue weighted by atomic mass is 10.2. The Bertz CT molecular complexity index is 882. The minimum Gasteiger partial charge on any atom is -0.479 e. The van der Waals surface area contributed by atoms with Gasteiger partial charge >= 0.3 is 6.03 Å². The first-order valence-corrected chi connectivity index (χ1v) is 10.8. The Morgan fingerprint density at radius 2 is 1.53 bits per heavy atom. The molecular formula is C22H25Cl2N3O3. The highest BCUT2D eigenvalue weighted by molar-refractivity contribution is 6.42. The number of amides is 3. The summed E-state index contributed by atoms with van der Waals surface area (Å²) in [5, 5.41) is 6.32. The molecule has 0 saturated carbocycles. The normalized spacial score (nSPS) is 15.1. The summed E-state index contributed by atoms with van der Waals surface area (Å²) in [5.41, 5.74) is 1.28. The van der Waals surface area contributed by atoms with Gasteiger partial charge in [-0.05, 0) is 56.2 Å². The van der Waals surface area contributed by atoms with Crippen molar-refractivity contribution in [2.75, 3.05) is 23.7 Å². The van der Waals surface area contributed by atoms with Gasteiger partial charge in [-0.15, -0.1) is 0 Å². The number of anilines is 2. The zero-order valence-electron chi connectivity index (χ0n) is 16.8. The molecule has 2 aromatic carbocycles. The number of nitrogens with zero attached hydrogens (tertiary/aromatic N) is 1. The predicted molar refractivity (Wildman–Crippen MR) is 121 cm³/mol. The Balaban J connectivity index is 1.53. The third-order valence-corrected chi connectivity index (χ3v) is 5.69.